The molecule has 5 N–H and O–H groups in total. The molecule has 1 fully saturated rings. The fourth-order valence-corrected chi connectivity index (χ4v) is 8.69. The lowest BCUT2D eigenvalue weighted by atomic mass is 9.89. The number of aliphatic hydroxyl groups is 1. The molecular weight excluding hydrogens is 787 g/mol. The maximum Gasteiger partial charge on any atom is 0.285 e. The average molecular weight is 864 g/mol. The number of nitrogens with zero attached hydrogens (tertiary/aromatic N) is 3. The number of likely N-dealkylation sites (N-methyl/N-ethyl adjacent to an activating group) is 2. The Morgan fingerprint density at radius 2 is 1.50 bits per heavy atom. The Morgan fingerprint density at radius 3 is 2.05 bits per heavy atom. The van der Waals surface area contributed by atoms with Crippen LogP contribution in [0.2, 0.25) is 0 Å². The van der Waals surface area contributed by atoms with Gasteiger partial charge in [-0.05, 0) is 55.6 Å². The number of nitrogens with one attached hydrogen (secondary N) is 4. The van der Waals surface area contributed by atoms with Gasteiger partial charge in [-0.15, -0.1) is 0 Å². The number of likely N-dealkylation sites (tertiary alicyclic amines) is 1. The Labute approximate surface area is 371 Å². The van der Waals surface area contributed by atoms with Crippen molar-refractivity contribution in [1.29, 1.82) is 10.8 Å². The smallest absolute Gasteiger partial charge is 0.285 e. The Balaban J connectivity index is 1.75. The molecule has 3 rings (SSSR count). The van der Waals surface area contributed by atoms with Crippen molar-refractivity contribution in [3.8, 4) is 0 Å². The number of carbonyl (C=O) groups is 3. The highest BCUT2D eigenvalue weighted by Crippen LogP contribution is 2.30. The highest BCUT2D eigenvalue weighted by atomic mass is 16.5. The number of hydrogen-bond donors (Lipinski definition) is 5. The number of ether oxygens (including phenoxy) is 3. The standard InChI is InChI=1S/C48H77N7O7/c1-14-32(7)42(53(10)45(49)40(29(2)3)52-47(59)41(30(4)5)54(11)48(50)62-28-35-24-22-31(6)23-25-35)38(60-12)27-39(56)55-26-18-21-37(55)44(61-13)33(8)46(58)51-34(9)43(57)36-19-16-15-17-20-36/h15-17,19-20,22-25,29-30,32-34,37-38,40-44,49-50,57H,14,18,21,26-28H2,1-13H3,(H,51,58)(H,52,59)/t32-,33+,34+,37-,38+,40-,41-,42-,43+,44+/m0/s1. The minimum absolute atomic E-state index is 0.000328. The molecule has 0 radical (unpaired) electrons. The summed E-state index contributed by atoms with van der Waals surface area (Å²) in [4.78, 5) is 47.3. The fourth-order valence-electron chi connectivity index (χ4n) is 8.69. The summed E-state index contributed by atoms with van der Waals surface area (Å²) in [7, 11) is 6.65. The van der Waals surface area contributed by atoms with E-state index in [4.69, 9.17) is 19.6 Å². The van der Waals surface area contributed by atoms with Crippen molar-refractivity contribution in [1.82, 2.24) is 25.3 Å². The molecule has 0 bridgehead atoms. The van der Waals surface area contributed by atoms with Gasteiger partial charge in [0, 0.05) is 34.9 Å². The molecule has 1 saturated heterocycles. The molecule has 0 saturated carbocycles. The van der Waals surface area contributed by atoms with E-state index in [1.165, 1.54) is 4.90 Å². The molecule has 62 heavy (non-hydrogen) atoms. The molecule has 3 amide bonds. The number of benzene rings is 2. The first-order chi connectivity index (χ1) is 29.3. The van der Waals surface area contributed by atoms with Gasteiger partial charge < -0.3 is 44.7 Å². The number of aryl methyl sites for hydroxylation is 1. The lowest BCUT2D eigenvalue weighted by Crippen LogP contribution is -2.60. The van der Waals surface area contributed by atoms with E-state index in [2.05, 4.69) is 24.5 Å². The van der Waals surface area contributed by atoms with Gasteiger partial charge in [-0.1, -0.05) is 115 Å². The van der Waals surface area contributed by atoms with Crippen LogP contribution in [0.5, 0.6) is 0 Å². The molecule has 0 aromatic heterocycles. The Kier molecular flexibility index (Phi) is 20.4. The van der Waals surface area contributed by atoms with Crippen LogP contribution in [0.1, 0.15) is 104 Å². The fraction of sp³-hybridized carbons (Fsp3) is 0.646. The predicted molar refractivity (Wildman–Crippen MR) is 245 cm³/mol. The lowest BCUT2D eigenvalue weighted by Gasteiger charge is -2.42. The summed E-state index contributed by atoms with van der Waals surface area (Å²) in [6, 6.07) is 14.2. The van der Waals surface area contributed by atoms with Crippen molar-refractivity contribution < 1.29 is 33.7 Å². The number of hydrogen-bond acceptors (Lipinski definition) is 9. The van der Waals surface area contributed by atoms with Crippen LogP contribution in [0.4, 0.5) is 0 Å². The van der Waals surface area contributed by atoms with E-state index in [-0.39, 0.29) is 66.4 Å². The first-order valence-corrected chi connectivity index (χ1v) is 22.3. The molecule has 10 atom stereocenters. The third-order valence-corrected chi connectivity index (χ3v) is 12.7. The second-order valence-corrected chi connectivity index (χ2v) is 17.9. The summed E-state index contributed by atoms with van der Waals surface area (Å²) >= 11 is 0. The second kappa shape index (κ2) is 24.4. The number of amidine groups is 2. The third-order valence-electron chi connectivity index (χ3n) is 12.7. The minimum atomic E-state index is -0.886. The summed E-state index contributed by atoms with van der Waals surface area (Å²) < 4.78 is 17.9. The zero-order valence-electron chi connectivity index (χ0n) is 39.6. The van der Waals surface area contributed by atoms with E-state index in [9.17, 15) is 24.9 Å². The second-order valence-electron chi connectivity index (χ2n) is 17.9. The van der Waals surface area contributed by atoms with Crippen LogP contribution in [0.15, 0.2) is 54.6 Å². The lowest BCUT2D eigenvalue weighted by molar-refractivity contribution is -0.143. The summed E-state index contributed by atoms with van der Waals surface area (Å²) in [5, 5.41) is 35.2. The van der Waals surface area contributed by atoms with Crippen LogP contribution in [0.25, 0.3) is 0 Å². The van der Waals surface area contributed by atoms with Crippen molar-refractivity contribution in [2.45, 2.75) is 143 Å². The van der Waals surface area contributed by atoms with Crippen LogP contribution in [0, 0.1) is 41.4 Å². The van der Waals surface area contributed by atoms with Crippen molar-refractivity contribution >= 4 is 29.6 Å². The van der Waals surface area contributed by atoms with Gasteiger partial charge in [0.1, 0.15) is 18.5 Å². The molecule has 346 valence electrons. The average Bonchev–Trinajstić information content (AvgIpc) is 3.74. The van der Waals surface area contributed by atoms with Crippen molar-refractivity contribution in [2.24, 2.45) is 23.7 Å². The molecule has 1 aliphatic rings. The van der Waals surface area contributed by atoms with Gasteiger partial charge in [0.2, 0.25) is 17.7 Å². The van der Waals surface area contributed by atoms with E-state index < -0.39 is 48.4 Å². The molecule has 0 aliphatic carbocycles. The van der Waals surface area contributed by atoms with Crippen molar-refractivity contribution in [3.63, 3.8) is 0 Å². The van der Waals surface area contributed by atoms with Gasteiger partial charge in [-0.3, -0.25) is 25.2 Å². The molecule has 1 heterocycles. The predicted octanol–water partition coefficient (Wildman–Crippen LogP) is 6.15. The molecule has 14 nitrogen and oxygen atoms in total. The van der Waals surface area contributed by atoms with E-state index in [0.717, 1.165) is 24.0 Å². The topological polar surface area (TPSA) is 181 Å². The van der Waals surface area contributed by atoms with Crippen LogP contribution in [-0.2, 0) is 35.2 Å². The van der Waals surface area contributed by atoms with Gasteiger partial charge in [0.15, 0.2) is 0 Å². The number of amides is 3. The van der Waals surface area contributed by atoms with Crippen LogP contribution in [-0.4, -0.2) is 127 Å². The zero-order chi connectivity index (χ0) is 46.4. The Hall–Kier alpha value is -4.53. The first kappa shape index (κ1) is 51.8. The Bertz CT molecular complexity index is 1740. The van der Waals surface area contributed by atoms with E-state index in [1.807, 2.05) is 106 Å². The monoisotopic (exact) mass is 864 g/mol. The van der Waals surface area contributed by atoms with E-state index >= 15 is 0 Å². The van der Waals surface area contributed by atoms with Gasteiger partial charge in [0.05, 0.1) is 54.8 Å². The van der Waals surface area contributed by atoms with Crippen LogP contribution >= 0.6 is 0 Å². The summed E-state index contributed by atoms with van der Waals surface area (Å²) in [6.07, 6.45) is 0.145. The van der Waals surface area contributed by atoms with Crippen LogP contribution < -0.4 is 10.6 Å². The van der Waals surface area contributed by atoms with Crippen LogP contribution in [0.3, 0.4) is 0 Å². The molecule has 14 heteroatoms. The summed E-state index contributed by atoms with van der Waals surface area (Å²) in [6.45, 7) is 18.2. The Morgan fingerprint density at radius 1 is 0.871 bits per heavy atom. The summed E-state index contributed by atoms with van der Waals surface area (Å²) in [5.74, 6) is -1.48. The maximum absolute atomic E-state index is 14.4. The van der Waals surface area contributed by atoms with Gasteiger partial charge in [0.25, 0.3) is 6.02 Å². The number of aliphatic hydroxyl groups excluding tert-OH is 1. The van der Waals surface area contributed by atoms with Crippen molar-refractivity contribution in [2.75, 3.05) is 34.9 Å². The van der Waals surface area contributed by atoms with Gasteiger partial charge >= 0.3 is 0 Å². The van der Waals surface area contributed by atoms with E-state index in [0.29, 0.717) is 18.5 Å². The quantitative estimate of drug-likeness (QED) is 0.0686. The SMILES string of the molecule is CC[C@H](C)[C@@H]([C@@H](CC(=O)N1CCC[C@H]1[C@H](OC)[C@@H](C)C(=O)N[C@H](C)[C@@H](O)c1ccccc1)OC)N(C)C(=N)[C@@H](NC(=O)[C@H](C(C)C)N(C)C(=N)OCc1ccc(C)cc1)C(C)C. The minimum Gasteiger partial charge on any atom is -0.460 e. The highest BCUT2D eigenvalue weighted by Gasteiger charge is 2.43. The largest absolute Gasteiger partial charge is 0.460 e. The molecule has 2 aromatic rings. The number of carbonyl (C=O) groups excluding carboxylic acids is 3. The van der Waals surface area contributed by atoms with E-state index in [1.54, 1.807) is 35.1 Å². The maximum atomic E-state index is 14.4. The van der Waals surface area contributed by atoms with Crippen molar-refractivity contribution in [3.05, 3.63) is 71.3 Å². The number of methoxy groups -OCH3 is 2. The highest BCUT2D eigenvalue weighted by molar-refractivity contribution is 5.93. The van der Waals surface area contributed by atoms with Gasteiger partial charge in [-0.25, -0.2) is 0 Å². The zero-order valence-corrected chi connectivity index (χ0v) is 39.6. The first-order valence-electron chi connectivity index (χ1n) is 22.3. The normalized spacial score (nSPS) is 18.5. The molecule has 1 aliphatic heterocycles. The molecule has 0 unspecified atom stereocenters. The molecule has 0 spiro atoms. The van der Waals surface area contributed by atoms with Gasteiger partial charge in [-0.2, -0.15) is 0 Å². The molecular formula is C48H77N7O7. The third kappa shape index (κ3) is 13.5. The molecule has 2 aromatic carbocycles. The number of rotatable bonds is 22. The summed E-state index contributed by atoms with van der Waals surface area (Å²) in [5.41, 5.74) is 2.76.